The molecule has 1 atom stereocenters. The van der Waals surface area contributed by atoms with Gasteiger partial charge >= 0.3 is 5.97 Å². The molecule has 1 unspecified atom stereocenters. The minimum atomic E-state index is -2.11. The molecule has 0 bridgehead atoms. The molecule has 5 heteroatoms. The summed E-state index contributed by atoms with van der Waals surface area (Å²) in [5, 5.41) is 0. The van der Waals surface area contributed by atoms with Crippen LogP contribution in [0.4, 0.5) is 0 Å². The standard InChI is InChI=1S/C17H14O4S/c18-17-16(14-4-2-1-3-5-14)15(10-21-17)13-8-6-12(7-9-13)11-22(19)20/h1-9H,10-11H2,(H,19,20)/p-1. The molecule has 3 rings (SSSR count). The zero-order valence-corrected chi connectivity index (χ0v) is 12.5. The third-order valence-electron chi connectivity index (χ3n) is 3.50. The quantitative estimate of drug-likeness (QED) is 0.642. The molecule has 0 amide bonds. The van der Waals surface area contributed by atoms with Crippen LogP contribution in [-0.2, 0) is 26.4 Å². The van der Waals surface area contributed by atoms with Gasteiger partial charge in [0.2, 0.25) is 0 Å². The summed E-state index contributed by atoms with van der Waals surface area (Å²) in [6.45, 7) is 0.232. The summed E-state index contributed by atoms with van der Waals surface area (Å²) < 4.78 is 26.6. The van der Waals surface area contributed by atoms with Gasteiger partial charge in [-0.15, -0.1) is 0 Å². The van der Waals surface area contributed by atoms with Gasteiger partial charge in [0.15, 0.2) is 0 Å². The highest BCUT2D eigenvalue weighted by Gasteiger charge is 2.26. The number of carbonyl (C=O) groups excluding carboxylic acids is 1. The van der Waals surface area contributed by atoms with Gasteiger partial charge in [0, 0.05) is 11.3 Å². The molecule has 0 saturated heterocycles. The third kappa shape index (κ3) is 3.00. The van der Waals surface area contributed by atoms with Crippen LogP contribution in [-0.4, -0.2) is 21.3 Å². The van der Waals surface area contributed by atoms with Crippen molar-refractivity contribution in [3.63, 3.8) is 0 Å². The lowest BCUT2D eigenvalue weighted by Crippen LogP contribution is -1.98. The first kappa shape index (κ1) is 14.7. The monoisotopic (exact) mass is 313 g/mol. The van der Waals surface area contributed by atoms with Crippen LogP contribution in [0.5, 0.6) is 0 Å². The van der Waals surface area contributed by atoms with Gasteiger partial charge in [-0.05, 0) is 16.7 Å². The van der Waals surface area contributed by atoms with Crippen LogP contribution in [0.1, 0.15) is 16.7 Å². The molecule has 0 fully saturated rings. The van der Waals surface area contributed by atoms with Crippen molar-refractivity contribution in [3.05, 3.63) is 71.3 Å². The fourth-order valence-electron chi connectivity index (χ4n) is 2.47. The molecule has 0 saturated carbocycles. The van der Waals surface area contributed by atoms with E-state index >= 15 is 0 Å². The fourth-order valence-corrected chi connectivity index (χ4v) is 2.93. The van der Waals surface area contributed by atoms with Crippen molar-refractivity contribution < 1.29 is 18.3 Å². The number of benzene rings is 2. The average Bonchev–Trinajstić information content (AvgIpc) is 2.90. The second-order valence-electron chi connectivity index (χ2n) is 4.94. The maximum atomic E-state index is 12.0. The Kier molecular flexibility index (Phi) is 4.18. The zero-order chi connectivity index (χ0) is 15.5. The van der Waals surface area contributed by atoms with E-state index < -0.39 is 11.1 Å². The number of rotatable bonds is 4. The summed E-state index contributed by atoms with van der Waals surface area (Å²) >= 11 is -2.11. The van der Waals surface area contributed by atoms with Gasteiger partial charge in [-0.3, -0.25) is 4.21 Å². The summed E-state index contributed by atoms with van der Waals surface area (Å²) in [5.41, 5.74) is 3.80. The second kappa shape index (κ2) is 6.25. The molecule has 0 radical (unpaired) electrons. The predicted octanol–water partition coefficient (Wildman–Crippen LogP) is 2.53. The molecule has 22 heavy (non-hydrogen) atoms. The first-order valence-electron chi connectivity index (χ1n) is 6.76. The van der Waals surface area contributed by atoms with Crippen LogP contribution in [0.3, 0.4) is 0 Å². The van der Waals surface area contributed by atoms with Crippen molar-refractivity contribution >= 4 is 28.2 Å². The van der Waals surface area contributed by atoms with E-state index in [-0.39, 0.29) is 18.3 Å². The molecule has 0 aromatic heterocycles. The van der Waals surface area contributed by atoms with E-state index in [0.717, 1.165) is 16.7 Å². The van der Waals surface area contributed by atoms with Crippen LogP contribution in [0.2, 0.25) is 0 Å². The summed E-state index contributed by atoms with van der Waals surface area (Å²) in [6, 6.07) is 16.5. The Morgan fingerprint density at radius 3 is 2.32 bits per heavy atom. The molecule has 1 aliphatic heterocycles. The Hall–Kier alpha value is -2.24. The van der Waals surface area contributed by atoms with Crippen LogP contribution < -0.4 is 0 Å². The highest BCUT2D eigenvalue weighted by molar-refractivity contribution is 7.78. The molecule has 112 valence electrons. The molecule has 4 nitrogen and oxygen atoms in total. The lowest BCUT2D eigenvalue weighted by molar-refractivity contribution is -0.133. The maximum Gasteiger partial charge on any atom is 0.339 e. The molecule has 0 aliphatic carbocycles. The van der Waals surface area contributed by atoms with Gasteiger partial charge in [-0.25, -0.2) is 4.79 Å². The van der Waals surface area contributed by atoms with Gasteiger partial charge in [0.05, 0.1) is 5.57 Å². The highest BCUT2D eigenvalue weighted by Crippen LogP contribution is 2.32. The summed E-state index contributed by atoms with van der Waals surface area (Å²) in [6.07, 6.45) is 0. The molecular formula is C17H13O4S-. The molecule has 0 spiro atoms. The first-order chi connectivity index (χ1) is 10.6. The maximum absolute atomic E-state index is 12.0. The Morgan fingerprint density at radius 2 is 1.68 bits per heavy atom. The largest absolute Gasteiger partial charge is 0.772 e. The van der Waals surface area contributed by atoms with Crippen LogP contribution >= 0.6 is 0 Å². The van der Waals surface area contributed by atoms with Crippen LogP contribution in [0.15, 0.2) is 54.6 Å². The number of esters is 1. The normalized spacial score (nSPS) is 15.8. The van der Waals surface area contributed by atoms with E-state index in [9.17, 15) is 13.6 Å². The molecule has 2 aromatic carbocycles. The lowest BCUT2D eigenvalue weighted by Gasteiger charge is -2.08. The number of cyclic esters (lactones) is 1. The lowest BCUT2D eigenvalue weighted by atomic mass is 9.96. The van der Waals surface area contributed by atoms with Crippen LogP contribution in [0.25, 0.3) is 11.1 Å². The minimum Gasteiger partial charge on any atom is -0.772 e. The SMILES string of the molecule is O=C1OCC(c2ccc(CS(=O)[O-])cc2)=C1c1ccccc1. The Labute approximate surface area is 130 Å². The minimum absolute atomic E-state index is 0.0136. The van der Waals surface area contributed by atoms with Crippen molar-refractivity contribution in [1.29, 1.82) is 0 Å². The van der Waals surface area contributed by atoms with Crippen molar-refractivity contribution in [2.45, 2.75) is 5.75 Å². The average molecular weight is 313 g/mol. The van der Waals surface area contributed by atoms with Crippen molar-refractivity contribution in [2.75, 3.05) is 6.61 Å². The Balaban J connectivity index is 1.99. The number of ether oxygens (including phenoxy) is 1. The van der Waals surface area contributed by atoms with Crippen molar-refractivity contribution in [3.8, 4) is 0 Å². The van der Waals surface area contributed by atoms with E-state index in [4.69, 9.17) is 4.74 Å². The molecule has 1 aliphatic rings. The van der Waals surface area contributed by atoms with Gasteiger partial charge in [0.25, 0.3) is 0 Å². The second-order valence-corrected chi connectivity index (χ2v) is 5.84. The molecular weight excluding hydrogens is 300 g/mol. The Morgan fingerprint density at radius 1 is 1.00 bits per heavy atom. The van der Waals surface area contributed by atoms with E-state index in [2.05, 4.69) is 0 Å². The summed E-state index contributed by atoms with van der Waals surface area (Å²) in [4.78, 5) is 12.0. The van der Waals surface area contributed by atoms with E-state index in [1.54, 1.807) is 12.1 Å². The summed E-state index contributed by atoms with van der Waals surface area (Å²) in [7, 11) is 0. The van der Waals surface area contributed by atoms with E-state index in [1.165, 1.54) is 0 Å². The molecule has 2 aromatic rings. The number of hydrogen-bond acceptors (Lipinski definition) is 4. The zero-order valence-electron chi connectivity index (χ0n) is 11.7. The number of hydrogen-bond donors (Lipinski definition) is 0. The number of carbonyl (C=O) groups is 1. The first-order valence-corrected chi connectivity index (χ1v) is 8.00. The van der Waals surface area contributed by atoms with Gasteiger partial charge in [0.1, 0.15) is 6.61 Å². The highest BCUT2D eigenvalue weighted by atomic mass is 32.2. The van der Waals surface area contributed by atoms with Gasteiger partial charge in [-0.1, -0.05) is 65.7 Å². The topological polar surface area (TPSA) is 66.4 Å². The van der Waals surface area contributed by atoms with Gasteiger partial charge < -0.3 is 9.29 Å². The Bertz CT molecular complexity index is 748. The van der Waals surface area contributed by atoms with Crippen LogP contribution in [0, 0.1) is 0 Å². The smallest absolute Gasteiger partial charge is 0.339 e. The van der Waals surface area contributed by atoms with E-state index in [1.807, 2.05) is 42.5 Å². The predicted molar refractivity (Wildman–Crippen MR) is 83.3 cm³/mol. The van der Waals surface area contributed by atoms with Crippen molar-refractivity contribution in [1.82, 2.24) is 0 Å². The van der Waals surface area contributed by atoms with E-state index in [0.29, 0.717) is 11.1 Å². The van der Waals surface area contributed by atoms with Crippen molar-refractivity contribution in [2.24, 2.45) is 0 Å². The molecule has 1 heterocycles. The molecule has 0 N–H and O–H groups in total. The fraction of sp³-hybridized carbons (Fsp3) is 0.118. The van der Waals surface area contributed by atoms with Gasteiger partial charge in [-0.2, -0.15) is 0 Å². The third-order valence-corrected chi connectivity index (χ3v) is 4.07. The summed E-state index contributed by atoms with van der Waals surface area (Å²) in [5.74, 6) is -0.341.